The number of hydrogen-bond donors (Lipinski definition) is 0. The van der Waals surface area contributed by atoms with Gasteiger partial charge in [-0.05, 0) is 37.6 Å². The second kappa shape index (κ2) is 5.70. The number of ether oxygens (including phenoxy) is 1. The molecular formula is C15H12FNO4. The number of nitro benzene ring substituents is 1. The Morgan fingerprint density at radius 2 is 2.00 bits per heavy atom. The molecule has 0 bridgehead atoms. The Hall–Kier alpha value is -2.76. The van der Waals surface area contributed by atoms with Gasteiger partial charge in [-0.3, -0.25) is 14.9 Å². The summed E-state index contributed by atoms with van der Waals surface area (Å²) < 4.78 is 19.3. The summed E-state index contributed by atoms with van der Waals surface area (Å²) in [6.07, 6.45) is 0. The molecule has 108 valence electrons. The fourth-order valence-electron chi connectivity index (χ4n) is 1.86. The highest BCUT2D eigenvalue weighted by atomic mass is 19.1. The van der Waals surface area contributed by atoms with Gasteiger partial charge in [0, 0.05) is 12.1 Å². The quantitative estimate of drug-likeness (QED) is 0.484. The van der Waals surface area contributed by atoms with Crippen molar-refractivity contribution in [3.8, 4) is 11.5 Å². The molecule has 0 fully saturated rings. The molecule has 2 aromatic carbocycles. The summed E-state index contributed by atoms with van der Waals surface area (Å²) in [7, 11) is 0. The first-order chi connectivity index (χ1) is 9.90. The number of aryl methyl sites for hydroxylation is 1. The number of hydrogen-bond acceptors (Lipinski definition) is 4. The molecule has 6 heteroatoms. The van der Waals surface area contributed by atoms with Crippen molar-refractivity contribution >= 4 is 11.5 Å². The van der Waals surface area contributed by atoms with Crippen LogP contribution in [0.4, 0.5) is 10.1 Å². The van der Waals surface area contributed by atoms with Crippen molar-refractivity contribution in [2.24, 2.45) is 0 Å². The number of benzene rings is 2. The summed E-state index contributed by atoms with van der Waals surface area (Å²) >= 11 is 0. The molecule has 0 saturated heterocycles. The Labute approximate surface area is 120 Å². The van der Waals surface area contributed by atoms with Crippen LogP contribution in [0, 0.1) is 22.9 Å². The molecule has 0 radical (unpaired) electrons. The summed E-state index contributed by atoms with van der Waals surface area (Å²) in [4.78, 5) is 21.7. The van der Waals surface area contributed by atoms with Gasteiger partial charge in [-0.2, -0.15) is 0 Å². The first-order valence-electron chi connectivity index (χ1n) is 6.12. The second-order valence-corrected chi connectivity index (χ2v) is 4.48. The standard InChI is InChI=1S/C15H12FNO4/c1-9-8-11(17(19)20)6-7-14(9)21-15-12(10(2)18)4-3-5-13(15)16/h3-8H,1-2H3. The number of rotatable bonds is 4. The molecule has 0 spiro atoms. The molecule has 0 aromatic heterocycles. The van der Waals surface area contributed by atoms with Gasteiger partial charge in [0.25, 0.3) is 5.69 Å². The molecule has 2 rings (SSSR count). The Bertz CT molecular complexity index is 728. The molecule has 0 N–H and O–H groups in total. The summed E-state index contributed by atoms with van der Waals surface area (Å²) in [6, 6.07) is 8.02. The van der Waals surface area contributed by atoms with E-state index in [0.717, 1.165) is 0 Å². The predicted molar refractivity (Wildman–Crippen MR) is 74.3 cm³/mol. The third kappa shape index (κ3) is 3.05. The fourth-order valence-corrected chi connectivity index (χ4v) is 1.86. The van der Waals surface area contributed by atoms with Crippen LogP contribution in [0.15, 0.2) is 36.4 Å². The van der Waals surface area contributed by atoms with E-state index in [1.54, 1.807) is 6.92 Å². The lowest BCUT2D eigenvalue weighted by Crippen LogP contribution is -2.00. The topological polar surface area (TPSA) is 69.4 Å². The summed E-state index contributed by atoms with van der Waals surface area (Å²) in [6.45, 7) is 2.92. The van der Waals surface area contributed by atoms with Crippen LogP contribution in [-0.2, 0) is 0 Å². The molecule has 0 amide bonds. The minimum atomic E-state index is -0.666. The van der Waals surface area contributed by atoms with Crippen LogP contribution < -0.4 is 4.74 Å². The number of Topliss-reactive ketones (excluding diaryl/α,β-unsaturated/α-hetero) is 1. The van der Waals surface area contributed by atoms with Gasteiger partial charge in [0.15, 0.2) is 17.3 Å². The zero-order chi connectivity index (χ0) is 15.6. The molecule has 0 atom stereocenters. The highest BCUT2D eigenvalue weighted by molar-refractivity contribution is 5.96. The molecule has 2 aromatic rings. The number of ketones is 1. The van der Waals surface area contributed by atoms with Gasteiger partial charge in [0.1, 0.15) is 5.75 Å². The van der Waals surface area contributed by atoms with Gasteiger partial charge in [-0.15, -0.1) is 0 Å². The van der Waals surface area contributed by atoms with Gasteiger partial charge in [-0.25, -0.2) is 4.39 Å². The van der Waals surface area contributed by atoms with Crippen LogP contribution in [-0.4, -0.2) is 10.7 Å². The van der Waals surface area contributed by atoms with E-state index in [9.17, 15) is 19.3 Å². The summed E-state index contributed by atoms with van der Waals surface area (Å²) in [5.41, 5.74) is 0.509. The average molecular weight is 289 g/mol. The normalized spacial score (nSPS) is 10.2. The smallest absolute Gasteiger partial charge is 0.269 e. The molecule has 0 unspecified atom stereocenters. The number of nitro groups is 1. The van der Waals surface area contributed by atoms with E-state index in [4.69, 9.17) is 4.74 Å². The number of non-ortho nitro benzene ring substituents is 1. The molecule has 5 nitrogen and oxygen atoms in total. The first kappa shape index (κ1) is 14.6. The van der Waals surface area contributed by atoms with Gasteiger partial charge in [0.05, 0.1) is 10.5 Å². The number of halogens is 1. The van der Waals surface area contributed by atoms with Crippen LogP contribution in [0.2, 0.25) is 0 Å². The van der Waals surface area contributed by atoms with Gasteiger partial charge in [-0.1, -0.05) is 6.07 Å². The number of carbonyl (C=O) groups is 1. The van der Waals surface area contributed by atoms with Crippen molar-refractivity contribution in [2.75, 3.05) is 0 Å². The second-order valence-electron chi connectivity index (χ2n) is 4.48. The monoisotopic (exact) mass is 289 g/mol. The highest BCUT2D eigenvalue weighted by Gasteiger charge is 2.16. The summed E-state index contributed by atoms with van der Waals surface area (Å²) in [5, 5.41) is 10.7. The zero-order valence-electron chi connectivity index (χ0n) is 11.4. The molecule has 0 aliphatic carbocycles. The number of nitrogens with zero attached hydrogens (tertiary/aromatic N) is 1. The lowest BCUT2D eigenvalue weighted by Gasteiger charge is -2.12. The van der Waals surface area contributed by atoms with Crippen LogP contribution in [0.5, 0.6) is 11.5 Å². The van der Waals surface area contributed by atoms with Crippen LogP contribution in [0.1, 0.15) is 22.8 Å². The van der Waals surface area contributed by atoms with Crippen molar-refractivity contribution in [2.45, 2.75) is 13.8 Å². The summed E-state index contributed by atoms with van der Waals surface area (Å²) in [5.74, 6) is -0.917. The van der Waals surface area contributed by atoms with E-state index in [1.165, 1.54) is 43.3 Å². The van der Waals surface area contributed by atoms with E-state index in [1.807, 2.05) is 0 Å². The third-order valence-electron chi connectivity index (χ3n) is 2.93. The SMILES string of the molecule is CC(=O)c1cccc(F)c1Oc1ccc([N+](=O)[O-])cc1C. The fraction of sp³-hybridized carbons (Fsp3) is 0.133. The molecule has 0 heterocycles. The van der Waals surface area contributed by atoms with Gasteiger partial charge >= 0.3 is 0 Å². The van der Waals surface area contributed by atoms with E-state index >= 15 is 0 Å². The molecule has 0 aliphatic heterocycles. The van der Waals surface area contributed by atoms with Crippen molar-refractivity contribution in [1.29, 1.82) is 0 Å². The van der Waals surface area contributed by atoms with Gasteiger partial charge in [0.2, 0.25) is 0 Å². The van der Waals surface area contributed by atoms with E-state index in [-0.39, 0.29) is 28.5 Å². The molecule has 0 aliphatic rings. The number of para-hydroxylation sites is 1. The minimum absolute atomic E-state index is 0.0832. The Kier molecular flexibility index (Phi) is 3.98. The molecular weight excluding hydrogens is 277 g/mol. The van der Waals surface area contributed by atoms with Crippen LogP contribution in [0.25, 0.3) is 0 Å². The Balaban J connectivity index is 2.44. The van der Waals surface area contributed by atoms with Crippen LogP contribution in [0.3, 0.4) is 0 Å². The Morgan fingerprint density at radius 3 is 2.57 bits per heavy atom. The molecule has 21 heavy (non-hydrogen) atoms. The minimum Gasteiger partial charge on any atom is -0.453 e. The molecule has 0 saturated carbocycles. The van der Waals surface area contributed by atoms with E-state index in [0.29, 0.717) is 5.56 Å². The van der Waals surface area contributed by atoms with Crippen molar-refractivity contribution in [3.05, 3.63) is 63.5 Å². The lowest BCUT2D eigenvalue weighted by atomic mass is 10.1. The van der Waals surface area contributed by atoms with Crippen molar-refractivity contribution < 1.29 is 18.8 Å². The number of carbonyl (C=O) groups excluding carboxylic acids is 1. The van der Waals surface area contributed by atoms with E-state index < -0.39 is 10.7 Å². The third-order valence-corrected chi connectivity index (χ3v) is 2.93. The maximum atomic E-state index is 13.8. The maximum Gasteiger partial charge on any atom is 0.269 e. The maximum absolute atomic E-state index is 13.8. The largest absolute Gasteiger partial charge is 0.453 e. The van der Waals surface area contributed by atoms with Gasteiger partial charge < -0.3 is 4.74 Å². The first-order valence-corrected chi connectivity index (χ1v) is 6.12. The Morgan fingerprint density at radius 1 is 1.29 bits per heavy atom. The van der Waals surface area contributed by atoms with Crippen molar-refractivity contribution in [3.63, 3.8) is 0 Å². The van der Waals surface area contributed by atoms with E-state index in [2.05, 4.69) is 0 Å². The van der Waals surface area contributed by atoms with Crippen molar-refractivity contribution in [1.82, 2.24) is 0 Å². The zero-order valence-corrected chi connectivity index (χ0v) is 11.4. The van der Waals surface area contributed by atoms with Crippen LogP contribution >= 0.6 is 0 Å². The predicted octanol–water partition coefficient (Wildman–Crippen LogP) is 4.04. The lowest BCUT2D eigenvalue weighted by molar-refractivity contribution is -0.384. The average Bonchev–Trinajstić information content (AvgIpc) is 2.42. The highest BCUT2D eigenvalue weighted by Crippen LogP contribution is 2.32.